The van der Waals surface area contributed by atoms with Crippen LogP contribution in [0.1, 0.15) is 25.8 Å². The molecule has 0 bridgehead atoms. The van der Waals surface area contributed by atoms with E-state index in [-0.39, 0.29) is 23.9 Å². The van der Waals surface area contributed by atoms with E-state index in [4.69, 9.17) is 0 Å². The summed E-state index contributed by atoms with van der Waals surface area (Å²) < 4.78 is 26.9. The minimum atomic E-state index is -0.980. The molecule has 1 saturated heterocycles. The van der Waals surface area contributed by atoms with Gasteiger partial charge in [-0.2, -0.15) is 0 Å². The van der Waals surface area contributed by atoms with Crippen LogP contribution in [0, 0.1) is 11.6 Å². The van der Waals surface area contributed by atoms with Gasteiger partial charge in [0.25, 0.3) is 0 Å². The van der Waals surface area contributed by atoms with Gasteiger partial charge in [0.05, 0.1) is 0 Å². The van der Waals surface area contributed by atoms with Crippen LogP contribution in [0.5, 0.6) is 0 Å². The Bertz CT molecular complexity index is 548. The Balaban J connectivity index is 2.27. The predicted octanol–water partition coefficient (Wildman–Crippen LogP) is 1.59. The Morgan fingerprint density at radius 1 is 1.30 bits per heavy atom. The van der Waals surface area contributed by atoms with Gasteiger partial charge in [-0.15, -0.1) is 0 Å². The lowest BCUT2D eigenvalue weighted by Gasteiger charge is -2.37. The molecule has 1 fully saturated rings. The van der Waals surface area contributed by atoms with Crippen LogP contribution in [0.15, 0.2) is 18.2 Å². The summed E-state index contributed by atoms with van der Waals surface area (Å²) in [4.78, 5) is 25.3. The van der Waals surface area contributed by atoms with Gasteiger partial charge in [0, 0.05) is 12.1 Å². The highest BCUT2D eigenvalue weighted by atomic mass is 19.2. The van der Waals surface area contributed by atoms with E-state index in [2.05, 4.69) is 5.32 Å². The van der Waals surface area contributed by atoms with Crippen molar-refractivity contribution in [1.82, 2.24) is 10.2 Å². The van der Waals surface area contributed by atoms with Gasteiger partial charge in [0.2, 0.25) is 11.8 Å². The lowest BCUT2D eigenvalue weighted by molar-refractivity contribution is -0.149. The van der Waals surface area contributed by atoms with Gasteiger partial charge in [-0.3, -0.25) is 9.59 Å². The SMILES string of the molecule is CCC1NC(=O)C(C)N(Cc2cccc(F)c2F)C1=O. The van der Waals surface area contributed by atoms with Gasteiger partial charge in [0.1, 0.15) is 12.1 Å². The first-order valence-electron chi connectivity index (χ1n) is 6.49. The Hall–Kier alpha value is -1.98. The van der Waals surface area contributed by atoms with Crippen molar-refractivity contribution in [3.63, 3.8) is 0 Å². The largest absolute Gasteiger partial charge is 0.343 e. The molecule has 1 N–H and O–H groups in total. The standard InChI is InChI=1S/C14H16F2N2O2/c1-3-11-14(20)18(8(2)13(19)17-11)7-9-5-4-6-10(15)12(9)16/h4-6,8,11H,3,7H2,1-2H3,(H,17,19). The molecule has 108 valence electrons. The molecular formula is C14H16F2N2O2. The number of carbonyl (C=O) groups is 2. The number of piperazine rings is 1. The molecule has 6 heteroatoms. The van der Waals surface area contributed by atoms with E-state index in [0.717, 1.165) is 6.07 Å². The Labute approximate surface area is 115 Å². The number of halogens is 2. The number of nitrogens with zero attached hydrogens (tertiary/aromatic N) is 1. The molecule has 0 aromatic heterocycles. The number of nitrogens with one attached hydrogen (secondary N) is 1. The van der Waals surface area contributed by atoms with Crippen LogP contribution >= 0.6 is 0 Å². The third kappa shape index (κ3) is 2.50. The van der Waals surface area contributed by atoms with Crippen LogP contribution < -0.4 is 5.32 Å². The number of carbonyl (C=O) groups excluding carboxylic acids is 2. The average molecular weight is 282 g/mol. The van der Waals surface area contributed by atoms with Crippen LogP contribution in [0.25, 0.3) is 0 Å². The fourth-order valence-corrected chi connectivity index (χ4v) is 2.23. The van der Waals surface area contributed by atoms with Crippen molar-refractivity contribution in [2.24, 2.45) is 0 Å². The maximum absolute atomic E-state index is 13.7. The van der Waals surface area contributed by atoms with Gasteiger partial charge in [-0.25, -0.2) is 8.78 Å². The molecule has 1 aliphatic rings. The van der Waals surface area contributed by atoms with E-state index in [1.165, 1.54) is 17.0 Å². The van der Waals surface area contributed by atoms with Gasteiger partial charge < -0.3 is 10.2 Å². The summed E-state index contributed by atoms with van der Waals surface area (Å²) >= 11 is 0. The van der Waals surface area contributed by atoms with Crippen molar-refractivity contribution in [3.8, 4) is 0 Å². The summed E-state index contributed by atoms with van der Waals surface area (Å²) in [5.74, 6) is -2.50. The van der Waals surface area contributed by atoms with Crippen LogP contribution in [0.3, 0.4) is 0 Å². The second-order valence-corrected chi connectivity index (χ2v) is 4.82. The van der Waals surface area contributed by atoms with Crippen molar-refractivity contribution in [3.05, 3.63) is 35.4 Å². The third-order valence-corrected chi connectivity index (χ3v) is 3.53. The van der Waals surface area contributed by atoms with Crippen LogP contribution in [0.2, 0.25) is 0 Å². The van der Waals surface area contributed by atoms with Crippen molar-refractivity contribution in [2.45, 2.75) is 38.9 Å². The highest BCUT2D eigenvalue weighted by Gasteiger charge is 2.37. The highest BCUT2D eigenvalue weighted by Crippen LogP contribution is 2.19. The summed E-state index contributed by atoms with van der Waals surface area (Å²) in [6, 6.07) is 2.50. The zero-order valence-electron chi connectivity index (χ0n) is 11.3. The second kappa shape index (κ2) is 5.56. The van der Waals surface area contributed by atoms with Crippen LogP contribution in [-0.2, 0) is 16.1 Å². The number of amides is 2. The minimum absolute atomic E-state index is 0.0646. The van der Waals surface area contributed by atoms with Crippen LogP contribution in [0.4, 0.5) is 8.78 Å². The molecule has 0 saturated carbocycles. The number of rotatable bonds is 3. The van der Waals surface area contributed by atoms with E-state index < -0.39 is 23.7 Å². The summed E-state index contributed by atoms with van der Waals surface area (Å²) in [7, 11) is 0. The Morgan fingerprint density at radius 2 is 2.00 bits per heavy atom. The third-order valence-electron chi connectivity index (χ3n) is 3.53. The van der Waals surface area contributed by atoms with E-state index in [0.29, 0.717) is 6.42 Å². The molecule has 1 heterocycles. The molecule has 2 unspecified atom stereocenters. The molecule has 1 aromatic carbocycles. The molecule has 2 rings (SSSR count). The molecule has 1 aliphatic heterocycles. The Morgan fingerprint density at radius 3 is 2.65 bits per heavy atom. The summed E-state index contributed by atoms with van der Waals surface area (Å²) in [6.07, 6.45) is 0.458. The van der Waals surface area contributed by atoms with Crippen molar-refractivity contribution < 1.29 is 18.4 Å². The molecule has 0 aliphatic carbocycles. The molecule has 1 aromatic rings. The summed E-state index contributed by atoms with van der Waals surface area (Å²) in [5, 5.41) is 2.61. The lowest BCUT2D eigenvalue weighted by Crippen LogP contribution is -2.61. The fourth-order valence-electron chi connectivity index (χ4n) is 2.23. The van der Waals surface area contributed by atoms with Gasteiger partial charge in [-0.1, -0.05) is 19.1 Å². The van der Waals surface area contributed by atoms with Crippen molar-refractivity contribution in [1.29, 1.82) is 0 Å². The molecule has 4 nitrogen and oxygen atoms in total. The topological polar surface area (TPSA) is 49.4 Å². The van der Waals surface area contributed by atoms with Crippen LogP contribution in [-0.4, -0.2) is 28.8 Å². The summed E-state index contributed by atoms with van der Waals surface area (Å²) in [6.45, 7) is 3.23. The first kappa shape index (κ1) is 14.4. The maximum Gasteiger partial charge on any atom is 0.246 e. The first-order valence-corrected chi connectivity index (χ1v) is 6.49. The number of hydrogen-bond acceptors (Lipinski definition) is 2. The van der Waals surface area contributed by atoms with Gasteiger partial charge >= 0.3 is 0 Å². The normalized spacial score (nSPS) is 22.9. The van der Waals surface area contributed by atoms with Gasteiger partial charge in [-0.05, 0) is 19.4 Å². The molecule has 0 radical (unpaired) electrons. The molecule has 2 atom stereocenters. The zero-order chi connectivity index (χ0) is 14.9. The first-order chi connectivity index (χ1) is 9.45. The van der Waals surface area contributed by atoms with E-state index >= 15 is 0 Å². The average Bonchev–Trinajstić information content (AvgIpc) is 2.43. The molecule has 2 amide bonds. The molecular weight excluding hydrogens is 266 g/mol. The number of benzene rings is 1. The minimum Gasteiger partial charge on any atom is -0.343 e. The predicted molar refractivity (Wildman–Crippen MR) is 68.6 cm³/mol. The molecule has 0 spiro atoms. The van der Waals surface area contributed by atoms with Crippen molar-refractivity contribution in [2.75, 3.05) is 0 Å². The van der Waals surface area contributed by atoms with Crippen molar-refractivity contribution >= 4 is 11.8 Å². The quantitative estimate of drug-likeness (QED) is 0.915. The highest BCUT2D eigenvalue weighted by molar-refractivity contribution is 5.96. The second-order valence-electron chi connectivity index (χ2n) is 4.82. The maximum atomic E-state index is 13.7. The van der Waals surface area contributed by atoms with E-state index in [1.54, 1.807) is 13.8 Å². The molecule has 20 heavy (non-hydrogen) atoms. The zero-order valence-corrected chi connectivity index (χ0v) is 11.3. The summed E-state index contributed by atoms with van der Waals surface area (Å²) in [5.41, 5.74) is 0.0646. The van der Waals surface area contributed by atoms with Gasteiger partial charge in [0.15, 0.2) is 11.6 Å². The smallest absolute Gasteiger partial charge is 0.246 e. The number of hydrogen-bond donors (Lipinski definition) is 1. The van der Waals surface area contributed by atoms with E-state index in [9.17, 15) is 18.4 Å². The fraction of sp³-hybridized carbons (Fsp3) is 0.429. The van der Waals surface area contributed by atoms with E-state index in [1.807, 2.05) is 0 Å². The lowest BCUT2D eigenvalue weighted by atomic mass is 10.0. The Kier molecular flexibility index (Phi) is 4.01. The monoisotopic (exact) mass is 282 g/mol.